The third-order valence-corrected chi connectivity index (χ3v) is 4.92. The predicted octanol–water partition coefficient (Wildman–Crippen LogP) is 2.77. The van der Waals surface area contributed by atoms with E-state index in [9.17, 15) is 19.7 Å². The number of carbonyl (C=O) groups is 2. The fraction of sp³-hybridized carbons (Fsp3) is 0.150. The summed E-state index contributed by atoms with van der Waals surface area (Å²) in [5.74, 6) is -1.03. The van der Waals surface area contributed by atoms with Gasteiger partial charge in [-0.1, -0.05) is 36.4 Å². The Bertz CT molecular complexity index is 1010. The van der Waals surface area contributed by atoms with Gasteiger partial charge in [-0.15, -0.1) is 0 Å². The molecule has 0 N–H and O–H groups in total. The summed E-state index contributed by atoms with van der Waals surface area (Å²) >= 11 is 5.04. The average molecular weight is 411 g/mol. The van der Waals surface area contributed by atoms with Crippen LogP contribution in [-0.2, 0) is 16.2 Å². The van der Waals surface area contributed by atoms with E-state index < -0.39 is 16.7 Å². The molecule has 1 aliphatic heterocycles. The lowest BCUT2D eigenvalue weighted by Crippen LogP contribution is -2.52. The molecule has 0 saturated carbocycles. The molecule has 3 rings (SSSR count). The molecule has 0 bridgehead atoms. The summed E-state index contributed by atoms with van der Waals surface area (Å²) in [5, 5.41) is 11.6. The zero-order valence-electron chi connectivity index (χ0n) is 15.7. The zero-order chi connectivity index (χ0) is 21.1. The number of amides is 2. The third-order valence-electron chi connectivity index (χ3n) is 4.37. The van der Waals surface area contributed by atoms with E-state index in [1.54, 1.807) is 6.07 Å². The van der Waals surface area contributed by atoms with Crippen molar-refractivity contribution in [2.24, 2.45) is 0 Å². The SMILES string of the molecule is CN1C(=O)C(=Cc2ccc(OCc3ccccc3)c([N+](=O)[O-])c2)C(=O)N(C)C1=S. The summed E-state index contributed by atoms with van der Waals surface area (Å²) in [6.07, 6.45) is 1.31. The maximum Gasteiger partial charge on any atom is 0.311 e. The molecule has 1 heterocycles. The van der Waals surface area contributed by atoms with Gasteiger partial charge in [-0.05, 0) is 35.5 Å². The highest BCUT2D eigenvalue weighted by molar-refractivity contribution is 7.80. The lowest BCUT2D eigenvalue weighted by atomic mass is 10.1. The molecule has 0 atom stereocenters. The summed E-state index contributed by atoms with van der Waals surface area (Å²) in [6, 6.07) is 13.5. The van der Waals surface area contributed by atoms with Crippen LogP contribution in [0.4, 0.5) is 5.69 Å². The van der Waals surface area contributed by atoms with Gasteiger partial charge in [0.05, 0.1) is 4.92 Å². The number of nitrogens with zero attached hydrogens (tertiary/aromatic N) is 3. The Kier molecular flexibility index (Phi) is 5.69. The van der Waals surface area contributed by atoms with Crippen molar-refractivity contribution in [2.45, 2.75) is 6.61 Å². The van der Waals surface area contributed by atoms with Gasteiger partial charge in [0.2, 0.25) is 0 Å². The van der Waals surface area contributed by atoms with Gasteiger partial charge >= 0.3 is 5.69 Å². The Morgan fingerprint density at radius 2 is 1.69 bits per heavy atom. The fourth-order valence-electron chi connectivity index (χ4n) is 2.77. The zero-order valence-corrected chi connectivity index (χ0v) is 16.5. The summed E-state index contributed by atoms with van der Waals surface area (Å²) in [4.78, 5) is 38.1. The van der Waals surface area contributed by atoms with Crippen molar-refractivity contribution in [2.75, 3.05) is 14.1 Å². The van der Waals surface area contributed by atoms with Crippen LogP contribution >= 0.6 is 12.2 Å². The molecule has 0 spiro atoms. The van der Waals surface area contributed by atoms with Gasteiger partial charge in [0.25, 0.3) is 11.8 Å². The lowest BCUT2D eigenvalue weighted by Gasteiger charge is -2.31. The second-order valence-corrected chi connectivity index (χ2v) is 6.69. The number of hydrogen-bond acceptors (Lipinski definition) is 6. The number of hydrogen-bond donors (Lipinski definition) is 0. The van der Waals surface area contributed by atoms with Crippen LogP contribution in [0.3, 0.4) is 0 Å². The fourth-order valence-corrected chi connectivity index (χ4v) is 2.93. The lowest BCUT2D eigenvalue weighted by molar-refractivity contribution is -0.386. The molecule has 1 aliphatic rings. The molecule has 0 unspecified atom stereocenters. The molecule has 2 amide bonds. The highest BCUT2D eigenvalue weighted by Crippen LogP contribution is 2.30. The van der Waals surface area contributed by atoms with E-state index in [2.05, 4.69) is 0 Å². The number of nitro benzene ring substituents is 1. The summed E-state index contributed by atoms with van der Waals surface area (Å²) < 4.78 is 5.59. The van der Waals surface area contributed by atoms with Crippen molar-refractivity contribution in [3.05, 3.63) is 75.3 Å². The van der Waals surface area contributed by atoms with Crippen molar-refractivity contribution in [3.63, 3.8) is 0 Å². The van der Waals surface area contributed by atoms with Crippen LogP contribution < -0.4 is 4.74 Å². The molecule has 9 heteroatoms. The molecule has 29 heavy (non-hydrogen) atoms. The minimum atomic E-state index is -0.569. The first-order chi connectivity index (χ1) is 13.8. The molecule has 148 valence electrons. The Hall–Kier alpha value is -3.59. The highest BCUT2D eigenvalue weighted by Gasteiger charge is 2.35. The van der Waals surface area contributed by atoms with Crippen LogP contribution in [0.15, 0.2) is 54.1 Å². The quantitative estimate of drug-likeness (QED) is 0.247. The minimum Gasteiger partial charge on any atom is -0.482 e. The molecule has 0 aliphatic carbocycles. The van der Waals surface area contributed by atoms with E-state index >= 15 is 0 Å². The van der Waals surface area contributed by atoms with Gasteiger partial charge in [-0.3, -0.25) is 29.5 Å². The standard InChI is InChI=1S/C20H17N3O5S/c1-21-18(24)15(19(25)22(2)20(21)29)10-14-8-9-17(16(11-14)23(26)27)28-12-13-6-4-3-5-7-13/h3-11H,12H2,1-2H3. The predicted molar refractivity (Wildman–Crippen MR) is 110 cm³/mol. The molecular formula is C20H17N3O5S. The molecular weight excluding hydrogens is 394 g/mol. The Labute approximate surface area is 172 Å². The second kappa shape index (κ2) is 8.19. The monoisotopic (exact) mass is 411 g/mol. The van der Waals surface area contributed by atoms with E-state index in [-0.39, 0.29) is 28.7 Å². The summed E-state index contributed by atoms with van der Waals surface area (Å²) in [7, 11) is 2.93. The second-order valence-electron chi connectivity index (χ2n) is 6.33. The van der Waals surface area contributed by atoms with Crippen LogP contribution in [0.1, 0.15) is 11.1 Å². The number of benzene rings is 2. The smallest absolute Gasteiger partial charge is 0.311 e. The van der Waals surface area contributed by atoms with Gasteiger partial charge in [-0.25, -0.2) is 0 Å². The summed E-state index contributed by atoms with van der Waals surface area (Å²) in [6.45, 7) is 0.173. The van der Waals surface area contributed by atoms with E-state index in [4.69, 9.17) is 17.0 Å². The number of carbonyl (C=O) groups excluding carboxylic acids is 2. The minimum absolute atomic E-state index is 0.0905. The number of thiocarbonyl (C=S) groups is 1. The number of nitro groups is 1. The first-order valence-electron chi connectivity index (χ1n) is 8.56. The van der Waals surface area contributed by atoms with Crippen molar-refractivity contribution < 1.29 is 19.2 Å². The van der Waals surface area contributed by atoms with E-state index in [1.165, 1.54) is 42.1 Å². The third kappa shape index (κ3) is 4.14. The van der Waals surface area contributed by atoms with Gasteiger partial charge in [-0.2, -0.15) is 0 Å². The van der Waals surface area contributed by atoms with Gasteiger partial charge in [0.15, 0.2) is 10.9 Å². The Morgan fingerprint density at radius 1 is 1.07 bits per heavy atom. The van der Waals surface area contributed by atoms with Crippen LogP contribution in [-0.4, -0.2) is 45.7 Å². The van der Waals surface area contributed by atoms with E-state index in [0.29, 0.717) is 5.56 Å². The van der Waals surface area contributed by atoms with Crippen LogP contribution in [0, 0.1) is 10.1 Å². The van der Waals surface area contributed by atoms with Crippen LogP contribution in [0.5, 0.6) is 5.75 Å². The number of likely N-dealkylation sites (N-methyl/N-ethyl adjacent to an activating group) is 2. The van der Waals surface area contributed by atoms with E-state index in [1.807, 2.05) is 30.3 Å². The van der Waals surface area contributed by atoms with Gasteiger partial charge in [0, 0.05) is 20.2 Å². The van der Waals surface area contributed by atoms with Crippen molar-refractivity contribution in [1.29, 1.82) is 0 Å². The van der Waals surface area contributed by atoms with Crippen molar-refractivity contribution >= 4 is 40.9 Å². The first kappa shape index (κ1) is 20.2. The maximum absolute atomic E-state index is 12.4. The van der Waals surface area contributed by atoms with Crippen LogP contribution in [0.25, 0.3) is 6.08 Å². The molecule has 2 aromatic rings. The Morgan fingerprint density at radius 3 is 2.28 bits per heavy atom. The van der Waals surface area contributed by atoms with Gasteiger partial charge < -0.3 is 4.74 Å². The normalized spacial score (nSPS) is 14.3. The molecule has 0 radical (unpaired) electrons. The van der Waals surface area contributed by atoms with Crippen LogP contribution in [0.2, 0.25) is 0 Å². The molecule has 0 aromatic heterocycles. The van der Waals surface area contributed by atoms with E-state index in [0.717, 1.165) is 5.56 Å². The average Bonchev–Trinajstić information content (AvgIpc) is 2.73. The number of ether oxygens (including phenoxy) is 1. The largest absolute Gasteiger partial charge is 0.482 e. The van der Waals surface area contributed by atoms with Gasteiger partial charge in [0.1, 0.15) is 12.2 Å². The highest BCUT2D eigenvalue weighted by atomic mass is 32.1. The molecule has 8 nitrogen and oxygen atoms in total. The Balaban J connectivity index is 1.91. The molecule has 1 saturated heterocycles. The van der Waals surface area contributed by atoms with Crippen molar-refractivity contribution in [3.8, 4) is 5.75 Å². The first-order valence-corrected chi connectivity index (χ1v) is 8.97. The topological polar surface area (TPSA) is 93.0 Å². The summed E-state index contributed by atoms with van der Waals surface area (Å²) in [5.41, 5.74) is 0.808. The molecule has 2 aromatic carbocycles. The maximum atomic E-state index is 12.4. The van der Waals surface area contributed by atoms with Crippen molar-refractivity contribution in [1.82, 2.24) is 9.80 Å². The molecule has 1 fully saturated rings. The number of rotatable bonds is 5.